The highest BCUT2D eigenvalue weighted by Crippen LogP contribution is 2.33. The lowest BCUT2D eigenvalue weighted by Gasteiger charge is -2.20. The molecule has 0 aliphatic carbocycles. The van der Waals surface area contributed by atoms with Gasteiger partial charge < -0.3 is 14.7 Å². The number of amides is 1. The number of carbonyl (C=O) groups excluding carboxylic acids is 1. The minimum absolute atomic E-state index is 0.0347. The van der Waals surface area contributed by atoms with E-state index < -0.39 is 0 Å². The van der Waals surface area contributed by atoms with Gasteiger partial charge in [-0.25, -0.2) is 0 Å². The first kappa shape index (κ1) is 12.9. The molecule has 0 spiro atoms. The number of hydrogen-bond acceptors (Lipinski definition) is 3. The van der Waals surface area contributed by atoms with E-state index in [0.29, 0.717) is 19.6 Å². The van der Waals surface area contributed by atoms with Crippen LogP contribution in [0.15, 0.2) is 18.2 Å². The first-order valence-electron chi connectivity index (χ1n) is 6.30. The first-order valence-corrected chi connectivity index (χ1v) is 6.30. The van der Waals surface area contributed by atoms with Crippen molar-refractivity contribution in [3.63, 3.8) is 0 Å². The average molecular weight is 249 g/mol. The van der Waals surface area contributed by atoms with Crippen LogP contribution in [0.1, 0.15) is 18.9 Å². The molecule has 0 radical (unpaired) electrons. The standard InChI is InChI=1S/C14H19NO3/c1-3-18-13-5-4-10(2)6-12(13)15-8-11(9-16)7-14(15)17/h4-6,11,16H,3,7-9H2,1-2H3. The Bertz CT molecular complexity index is 445. The number of aliphatic hydroxyl groups excluding tert-OH is 1. The molecule has 18 heavy (non-hydrogen) atoms. The van der Waals surface area contributed by atoms with E-state index in [4.69, 9.17) is 9.84 Å². The van der Waals surface area contributed by atoms with Gasteiger partial charge in [-0.15, -0.1) is 0 Å². The quantitative estimate of drug-likeness (QED) is 0.884. The summed E-state index contributed by atoms with van der Waals surface area (Å²) in [7, 11) is 0. The Morgan fingerprint density at radius 3 is 2.89 bits per heavy atom. The van der Waals surface area contributed by atoms with Crippen LogP contribution in [0.5, 0.6) is 5.75 Å². The Kier molecular flexibility index (Phi) is 3.87. The van der Waals surface area contributed by atoms with Crippen LogP contribution in [0.3, 0.4) is 0 Å². The molecule has 1 aromatic rings. The van der Waals surface area contributed by atoms with Crippen LogP contribution >= 0.6 is 0 Å². The lowest BCUT2D eigenvalue weighted by Crippen LogP contribution is -2.25. The Morgan fingerprint density at radius 2 is 2.28 bits per heavy atom. The van der Waals surface area contributed by atoms with E-state index in [1.165, 1.54) is 0 Å². The van der Waals surface area contributed by atoms with Crippen molar-refractivity contribution in [2.45, 2.75) is 20.3 Å². The fraction of sp³-hybridized carbons (Fsp3) is 0.500. The predicted octanol–water partition coefficient (Wildman–Crippen LogP) is 1.74. The number of carbonyl (C=O) groups is 1. The number of rotatable bonds is 4. The third-order valence-corrected chi connectivity index (χ3v) is 3.17. The van der Waals surface area contributed by atoms with E-state index in [2.05, 4.69) is 0 Å². The monoisotopic (exact) mass is 249 g/mol. The van der Waals surface area contributed by atoms with Crippen LogP contribution in [-0.2, 0) is 4.79 Å². The SMILES string of the molecule is CCOc1ccc(C)cc1N1CC(CO)CC1=O. The molecule has 1 aliphatic heterocycles. The molecular formula is C14H19NO3. The number of aliphatic hydroxyl groups is 1. The Morgan fingerprint density at radius 1 is 1.50 bits per heavy atom. The Hall–Kier alpha value is -1.55. The van der Waals surface area contributed by atoms with Gasteiger partial charge in [0.25, 0.3) is 0 Å². The number of nitrogens with zero attached hydrogens (tertiary/aromatic N) is 1. The van der Waals surface area contributed by atoms with Crippen molar-refractivity contribution in [2.75, 3.05) is 24.7 Å². The minimum Gasteiger partial charge on any atom is -0.492 e. The highest BCUT2D eigenvalue weighted by atomic mass is 16.5. The lowest BCUT2D eigenvalue weighted by molar-refractivity contribution is -0.117. The zero-order chi connectivity index (χ0) is 13.1. The fourth-order valence-corrected chi connectivity index (χ4v) is 2.25. The molecule has 1 heterocycles. The number of benzene rings is 1. The van der Waals surface area contributed by atoms with Crippen LogP contribution in [0.25, 0.3) is 0 Å². The summed E-state index contributed by atoms with van der Waals surface area (Å²) in [5.74, 6) is 0.822. The summed E-state index contributed by atoms with van der Waals surface area (Å²) in [4.78, 5) is 13.7. The van der Waals surface area contributed by atoms with Gasteiger partial charge in [0.15, 0.2) is 0 Å². The second kappa shape index (κ2) is 5.40. The number of anilines is 1. The molecule has 1 saturated heterocycles. The predicted molar refractivity (Wildman–Crippen MR) is 69.9 cm³/mol. The normalized spacial score (nSPS) is 19.4. The molecule has 1 amide bonds. The minimum atomic E-state index is 0.0347. The van der Waals surface area contributed by atoms with E-state index >= 15 is 0 Å². The van der Waals surface area contributed by atoms with Crippen LogP contribution in [0.2, 0.25) is 0 Å². The molecule has 1 N–H and O–H groups in total. The Balaban J connectivity index is 2.31. The van der Waals surface area contributed by atoms with Gasteiger partial charge in [-0.2, -0.15) is 0 Å². The largest absolute Gasteiger partial charge is 0.492 e. The summed E-state index contributed by atoms with van der Waals surface area (Å²) in [6.45, 7) is 5.10. The van der Waals surface area contributed by atoms with Gasteiger partial charge >= 0.3 is 0 Å². The number of ether oxygens (including phenoxy) is 1. The summed E-state index contributed by atoms with van der Waals surface area (Å²) in [6, 6.07) is 5.83. The molecule has 1 unspecified atom stereocenters. The molecule has 0 saturated carbocycles. The summed E-state index contributed by atoms with van der Waals surface area (Å²) < 4.78 is 5.57. The van der Waals surface area contributed by atoms with Crippen molar-refractivity contribution >= 4 is 11.6 Å². The molecule has 98 valence electrons. The summed E-state index contributed by atoms with van der Waals surface area (Å²) in [5.41, 5.74) is 1.91. The molecular weight excluding hydrogens is 230 g/mol. The summed E-state index contributed by atoms with van der Waals surface area (Å²) in [6.07, 6.45) is 0.413. The van der Waals surface area contributed by atoms with E-state index in [1.807, 2.05) is 32.0 Å². The molecule has 0 aromatic heterocycles. The second-order valence-corrected chi connectivity index (χ2v) is 4.66. The maximum Gasteiger partial charge on any atom is 0.227 e. The van der Waals surface area contributed by atoms with Crippen LogP contribution in [0.4, 0.5) is 5.69 Å². The Labute approximate surface area is 107 Å². The molecule has 4 nitrogen and oxygen atoms in total. The van der Waals surface area contributed by atoms with Gasteiger partial charge in [0.2, 0.25) is 5.91 Å². The van der Waals surface area contributed by atoms with Gasteiger partial charge in [0.05, 0.1) is 12.3 Å². The van der Waals surface area contributed by atoms with Gasteiger partial charge in [-0.1, -0.05) is 6.07 Å². The average Bonchev–Trinajstić information content (AvgIpc) is 2.73. The zero-order valence-electron chi connectivity index (χ0n) is 10.8. The van der Waals surface area contributed by atoms with Crippen molar-refractivity contribution < 1.29 is 14.6 Å². The van der Waals surface area contributed by atoms with Crippen molar-refractivity contribution in [3.8, 4) is 5.75 Å². The zero-order valence-corrected chi connectivity index (χ0v) is 10.8. The van der Waals surface area contributed by atoms with Crippen LogP contribution in [0, 0.1) is 12.8 Å². The van der Waals surface area contributed by atoms with Gasteiger partial charge in [0, 0.05) is 25.5 Å². The maximum atomic E-state index is 12.0. The molecule has 2 rings (SSSR count). The van der Waals surface area contributed by atoms with Crippen molar-refractivity contribution in [1.29, 1.82) is 0 Å². The number of aryl methyl sites for hydroxylation is 1. The van der Waals surface area contributed by atoms with Crippen molar-refractivity contribution in [3.05, 3.63) is 23.8 Å². The third-order valence-electron chi connectivity index (χ3n) is 3.17. The second-order valence-electron chi connectivity index (χ2n) is 4.66. The smallest absolute Gasteiger partial charge is 0.227 e. The first-order chi connectivity index (χ1) is 8.65. The van der Waals surface area contributed by atoms with Crippen molar-refractivity contribution in [2.24, 2.45) is 5.92 Å². The van der Waals surface area contributed by atoms with E-state index in [-0.39, 0.29) is 18.4 Å². The van der Waals surface area contributed by atoms with Gasteiger partial charge in [0.1, 0.15) is 5.75 Å². The third kappa shape index (κ3) is 2.48. The molecule has 1 aliphatic rings. The maximum absolute atomic E-state index is 12.0. The van der Waals surface area contributed by atoms with Crippen LogP contribution < -0.4 is 9.64 Å². The fourth-order valence-electron chi connectivity index (χ4n) is 2.25. The lowest BCUT2D eigenvalue weighted by atomic mass is 10.1. The highest BCUT2D eigenvalue weighted by molar-refractivity contribution is 5.97. The molecule has 4 heteroatoms. The summed E-state index contributed by atoms with van der Waals surface area (Å²) in [5, 5.41) is 9.17. The number of hydrogen-bond donors (Lipinski definition) is 1. The highest BCUT2D eigenvalue weighted by Gasteiger charge is 2.31. The van der Waals surface area contributed by atoms with Gasteiger partial charge in [-0.3, -0.25) is 4.79 Å². The van der Waals surface area contributed by atoms with Gasteiger partial charge in [-0.05, 0) is 31.5 Å². The van der Waals surface area contributed by atoms with E-state index in [1.54, 1.807) is 4.90 Å². The van der Waals surface area contributed by atoms with E-state index in [9.17, 15) is 4.79 Å². The summed E-state index contributed by atoms with van der Waals surface area (Å²) >= 11 is 0. The molecule has 1 fully saturated rings. The van der Waals surface area contributed by atoms with E-state index in [0.717, 1.165) is 17.0 Å². The molecule has 1 atom stereocenters. The molecule has 0 bridgehead atoms. The van der Waals surface area contributed by atoms with Crippen LogP contribution in [-0.4, -0.2) is 30.8 Å². The topological polar surface area (TPSA) is 49.8 Å². The molecule has 1 aromatic carbocycles. The van der Waals surface area contributed by atoms with Crippen molar-refractivity contribution in [1.82, 2.24) is 0 Å².